The average Bonchev–Trinajstić information content (AvgIpc) is 2.46. The Bertz CT molecular complexity index is 544. The van der Waals surface area contributed by atoms with Crippen molar-refractivity contribution in [3.8, 4) is 16.9 Å². The van der Waals surface area contributed by atoms with Gasteiger partial charge in [-0.15, -0.1) is 6.58 Å². The molecule has 0 amide bonds. The maximum Gasteiger partial charge on any atom is 0.387 e. The van der Waals surface area contributed by atoms with Gasteiger partial charge in [-0.3, -0.25) is 0 Å². The van der Waals surface area contributed by atoms with E-state index >= 15 is 0 Å². The maximum absolute atomic E-state index is 12.1. The third kappa shape index (κ3) is 3.92. The van der Waals surface area contributed by atoms with Crippen molar-refractivity contribution in [2.45, 2.75) is 19.5 Å². The van der Waals surface area contributed by atoms with Gasteiger partial charge in [-0.05, 0) is 41.7 Å². The second-order valence-electron chi connectivity index (χ2n) is 4.43. The topological polar surface area (TPSA) is 9.23 Å². The van der Waals surface area contributed by atoms with Crippen molar-refractivity contribution < 1.29 is 13.5 Å². The van der Waals surface area contributed by atoms with Crippen LogP contribution >= 0.6 is 0 Å². The summed E-state index contributed by atoms with van der Waals surface area (Å²) in [5, 5.41) is 0. The summed E-state index contributed by atoms with van der Waals surface area (Å²) in [6, 6.07) is 14.8. The fraction of sp³-hybridized carbons (Fsp3) is 0.176. The van der Waals surface area contributed by atoms with Crippen molar-refractivity contribution in [1.82, 2.24) is 0 Å². The van der Waals surface area contributed by atoms with Crippen LogP contribution in [-0.2, 0) is 6.42 Å². The molecule has 104 valence electrons. The normalized spacial score (nSPS) is 10.6. The van der Waals surface area contributed by atoms with Gasteiger partial charge in [0.25, 0.3) is 0 Å². The molecule has 0 fully saturated rings. The van der Waals surface area contributed by atoms with Gasteiger partial charge in [0.05, 0.1) is 0 Å². The molecule has 2 rings (SSSR count). The van der Waals surface area contributed by atoms with Crippen LogP contribution < -0.4 is 4.74 Å². The molecule has 0 aliphatic heterocycles. The molecule has 0 radical (unpaired) electrons. The van der Waals surface area contributed by atoms with Crippen molar-refractivity contribution in [3.05, 3.63) is 66.7 Å². The second kappa shape index (κ2) is 6.85. The average molecular weight is 274 g/mol. The minimum atomic E-state index is -2.79. The van der Waals surface area contributed by atoms with Crippen LogP contribution in [0.25, 0.3) is 11.1 Å². The van der Waals surface area contributed by atoms with Gasteiger partial charge >= 0.3 is 6.61 Å². The predicted octanol–water partition coefficient (Wildman–Crippen LogP) is 5.07. The molecule has 3 heteroatoms. The highest BCUT2D eigenvalue weighted by molar-refractivity contribution is 5.64. The van der Waals surface area contributed by atoms with Gasteiger partial charge in [0, 0.05) is 0 Å². The highest BCUT2D eigenvalue weighted by atomic mass is 19.3. The lowest BCUT2D eigenvalue weighted by molar-refractivity contribution is -0.0498. The lowest BCUT2D eigenvalue weighted by Crippen LogP contribution is -2.01. The fourth-order valence-corrected chi connectivity index (χ4v) is 1.96. The lowest BCUT2D eigenvalue weighted by atomic mass is 10.0. The van der Waals surface area contributed by atoms with Crippen LogP contribution in [0.3, 0.4) is 0 Å². The summed E-state index contributed by atoms with van der Waals surface area (Å²) in [5.74, 6) is 0.173. The lowest BCUT2D eigenvalue weighted by Gasteiger charge is -2.07. The van der Waals surface area contributed by atoms with Gasteiger partial charge in [0.2, 0.25) is 0 Å². The molecular formula is C17H16F2O. The largest absolute Gasteiger partial charge is 0.435 e. The van der Waals surface area contributed by atoms with Crippen molar-refractivity contribution in [3.63, 3.8) is 0 Å². The Morgan fingerprint density at radius 2 is 1.50 bits per heavy atom. The summed E-state index contributed by atoms with van der Waals surface area (Å²) in [6.45, 7) is 0.917. The summed E-state index contributed by atoms with van der Waals surface area (Å²) < 4.78 is 28.4. The fourth-order valence-electron chi connectivity index (χ4n) is 1.96. The van der Waals surface area contributed by atoms with E-state index < -0.39 is 6.61 Å². The summed E-state index contributed by atoms with van der Waals surface area (Å²) in [4.78, 5) is 0. The molecule has 0 N–H and O–H groups in total. The van der Waals surface area contributed by atoms with Gasteiger partial charge in [0.15, 0.2) is 0 Å². The zero-order valence-corrected chi connectivity index (χ0v) is 11.1. The molecule has 0 aliphatic carbocycles. The highest BCUT2D eigenvalue weighted by Crippen LogP contribution is 2.23. The standard InChI is InChI=1S/C17H16F2O/c1-2-3-4-13-5-7-14(8-6-13)15-9-11-16(12-10-15)20-17(18)19/h2,5-12,17H,1,3-4H2. The number of halogens is 2. The van der Waals surface area contributed by atoms with Crippen LogP contribution in [0.15, 0.2) is 61.2 Å². The molecule has 0 heterocycles. The molecule has 20 heavy (non-hydrogen) atoms. The van der Waals surface area contributed by atoms with E-state index in [-0.39, 0.29) is 5.75 Å². The summed E-state index contributed by atoms with van der Waals surface area (Å²) >= 11 is 0. The Kier molecular flexibility index (Phi) is 4.88. The van der Waals surface area contributed by atoms with E-state index in [2.05, 4.69) is 23.4 Å². The van der Waals surface area contributed by atoms with Gasteiger partial charge in [-0.25, -0.2) is 0 Å². The highest BCUT2D eigenvalue weighted by Gasteiger charge is 2.04. The van der Waals surface area contributed by atoms with Crippen molar-refractivity contribution in [2.24, 2.45) is 0 Å². The molecule has 0 spiro atoms. The number of hydrogen-bond donors (Lipinski definition) is 0. The number of allylic oxidation sites excluding steroid dienone is 1. The zero-order chi connectivity index (χ0) is 14.4. The number of alkyl halides is 2. The van der Waals surface area contributed by atoms with E-state index in [0.29, 0.717) is 0 Å². The van der Waals surface area contributed by atoms with Crippen LogP contribution in [0.4, 0.5) is 8.78 Å². The van der Waals surface area contributed by atoms with Crippen LogP contribution in [0.1, 0.15) is 12.0 Å². The number of rotatable bonds is 6. The van der Waals surface area contributed by atoms with E-state index in [9.17, 15) is 8.78 Å². The number of ether oxygens (including phenoxy) is 1. The molecule has 0 unspecified atom stereocenters. The Morgan fingerprint density at radius 3 is 2.00 bits per heavy atom. The molecule has 0 atom stereocenters. The molecule has 0 aromatic heterocycles. The quantitative estimate of drug-likeness (QED) is 0.668. The molecule has 0 saturated heterocycles. The van der Waals surface area contributed by atoms with E-state index in [1.165, 1.54) is 5.56 Å². The molecular weight excluding hydrogens is 258 g/mol. The van der Waals surface area contributed by atoms with Gasteiger partial charge in [-0.1, -0.05) is 42.5 Å². The molecule has 0 bridgehead atoms. The first-order chi connectivity index (χ1) is 9.69. The molecule has 2 aromatic carbocycles. The third-order valence-electron chi connectivity index (χ3n) is 3.00. The van der Waals surface area contributed by atoms with Crippen LogP contribution in [-0.4, -0.2) is 6.61 Å². The summed E-state index contributed by atoms with van der Waals surface area (Å²) in [5.41, 5.74) is 3.28. The van der Waals surface area contributed by atoms with E-state index in [0.717, 1.165) is 24.0 Å². The molecule has 2 aromatic rings. The Morgan fingerprint density at radius 1 is 0.950 bits per heavy atom. The van der Waals surface area contributed by atoms with Crippen LogP contribution in [0.5, 0.6) is 5.75 Å². The Balaban J connectivity index is 2.09. The monoisotopic (exact) mass is 274 g/mol. The molecule has 1 nitrogen and oxygen atoms in total. The maximum atomic E-state index is 12.1. The molecule has 0 saturated carbocycles. The first-order valence-corrected chi connectivity index (χ1v) is 6.44. The van der Waals surface area contributed by atoms with E-state index in [1.54, 1.807) is 24.3 Å². The van der Waals surface area contributed by atoms with Gasteiger partial charge < -0.3 is 4.74 Å². The minimum absolute atomic E-state index is 0.173. The van der Waals surface area contributed by atoms with E-state index in [4.69, 9.17) is 0 Å². The summed E-state index contributed by atoms with van der Waals surface area (Å²) in [6.07, 6.45) is 3.83. The first kappa shape index (κ1) is 14.3. The minimum Gasteiger partial charge on any atom is -0.435 e. The van der Waals surface area contributed by atoms with Crippen molar-refractivity contribution in [2.75, 3.05) is 0 Å². The summed E-state index contributed by atoms with van der Waals surface area (Å²) in [7, 11) is 0. The SMILES string of the molecule is C=CCCc1ccc(-c2ccc(OC(F)F)cc2)cc1. The third-order valence-corrected chi connectivity index (χ3v) is 3.00. The number of aryl methyl sites for hydroxylation is 1. The zero-order valence-electron chi connectivity index (χ0n) is 11.1. The van der Waals surface area contributed by atoms with Crippen molar-refractivity contribution in [1.29, 1.82) is 0 Å². The Labute approximate surface area is 117 Å². The van der Waals surface area contributed by atoms with E-state index in [1.807, 2.05) is 18.2 Å². The molecule has 0 aliphatic rings. The van der Waals surface area contributed by atoms with Crippen LogP contribution in [0.2, 0.25) is 0 Å². The van der Waals surface area contributed by atoms with Gasteiger partial charge in [0.1, 0.15) is 5.75 Å². The number of benzene rings is 2. The first-order valence-electron chi connectivity index (χ1n) is 6.44. The smallest absolute Gasteiger partial charge is 0.387 e. The number of hydrogen-bond acceptors (Lipinski definition) is 1. The predicted molar refractivity (Wildman–Crippen MR) is 77.0 cm³/mol. The van der Waals surface area contributed by atoms with Gasteiger partial charge in [-0.2, -0.15) is 8.78 Å². The van der Waals surface area contributed by atoms with Crippen LogP contribution in [0, 0.1) is 0 Å². The Hall–Kier alpha value is -2.16. The second-order valence-corrected chi connectivity index (χ2v) is 4.43. The van der Waals surface area contributed by atoms with Crippen molar-refractivity contribution >= 4 is 0 Å².